The molecule has 3 aromatic rings. The van der Waals surface area contributed by atoms with E-state index in [1.165, 1.54) is 0 Å². The monoisotopic (exact) mass is 314 g/mol. The van der Waals surface area contributed by atoms with Crippen LogP contribution < -0.4 is 10.1 Å². The summed E-state index contributed by atoms with van der Waals surface area (Å²) in [6.45, 7) is 0.454. The number of ether oxygens (including phenoxy) is 1. The van der Waals surface area contributed by atoms with E-state index in [1.807, 2.05) is 30.3 Å². The zero-order valence-corrected chi connectivity index (χ0v) is 12.8. The summed E-state index contributed by atoms with van der Waals surface area (Å²) in [5.74, 6) is 0.658. The van der Waals surface area contributed by atoms with E-state index in [4.69, 9.17) is 16.3 Å². The molecule has 0 atom stereocenters. The highest BCUT2D eigenvalue weighted by molar-refractivity contribution is 6.31. The summed E-state index contributed by atoms with van der Waals surface area (Å²) in [6.07, 6.45) is 1.70. The number of aromatic amines is 1. The van der Waals surface area contributed by atoms with E-state index in [1.54, 1.807) is 25.4 Å². The fourth-order valence-electron chi connectivity index (χ4n) is 2.30. The molecule has 0 aliphatic heterocycles. The molecule has 112 valence electrons. The molecule has 0 bridgehead atoms. The second kappa shape index (κ2) is 6.12. The minimum Gasteiger partial charge on any atom is -0.497 e. The Labute approximate surface area is 133 Å². The lowest BCUT2D eigenvalue weighted by atomic mass is 10.1. The first-order chi connectivity index (χ1) is 10.7. The third-order valence-electron chi connectivity index (χ3n) is 3.50. The van der Waals surface area contributed by atoms with Gasteiger partial charge in [-0.1, -0.05) is 23.7 Å². The number of amides is 1. The first kappa shape index (κ1) is 14.5. The van der Waals surface area contributed by atoms with Gasteiger partial charge in [0.05, 0.1) is 12.7 Å². The normalized spacial score (nSPS) is 10.6. The maximum absolute atomic E-state index is 12.3. The number of benzene rings is 2. The molecule has 0 saturated heterocycles. The Morgan fingerprint density at radius 2 is 2.00 bits per heavy atom. The lowest BCUT2D eigenvalue weighted by Crippen LogP contribution is -2.22. The van der Waals surface area contributed by atoms with Crippen molar-refractivity contribution in [3.8, 4) is 5.75 Å². The fourth-order valence-corrected chi connectivity index (χ4v) is 2.47. The number of nitrogens with one attached hydrogen (secondary N) is 2. The van der Waals surface area contributed by atoms with Crippen molar-refractivity contribution >= 4 is 28.4 Å². The van der Waals surface area contributed by atoms with Crippen LogP contribution >= 0.6 is 11.6 Å². The Kier molecular flexibility index (Phi) is 4.02. The number of halogens is 1. The molecule has 0 unspecified atom stereocenters. The van der Waals surface area contributed by atoms with Gasteiger partial charge in [0, 0.05) is 28.7 Å². The molecule has 2 aromatic carbocycles. The number of H-pyrrole nitrogens is 1. The van der Waals surface area contributed by atoms with Crippen molar-refractivity contribution in [3.05, 3.63) is 64.8 Å². The maximum atomic E-state index is 12.3. The minimum atomic E-state index is -0.135. The van der Waals surface area contributed by atoms with Crippen LogP contribution in [0.25, 0.3) is 10.9 Å². The largest absolute Gasteiger partial charge is 0.497 e. The van der Waals surface area contributed by atoms with E-state index >= 15 is 0 Å². The molecule has 0 radical (unpaired) electrons. The van der Waals surface area contributed by atoms with Crippen molar-refractivity contribution in [2.24, 2.45) is 0 Å². The fraction of sp³-hybridized carbons (Fsp3) is 0.118. The molecule has 0 fully saturated rings. The zero-order chi connectivity index (χ0) is 15.5. The maximum Gasteiger partial charge on any atom is 0.253 e. The van der Waals surface area contributed by atoms with Crippen molar-refractivity contribution in [3.63, 3.8) is 0 Å². The van der Waals surface area contributed by atoms with Crippen molar-refractivity contribution in [2.45, 2.75) is 6.54 Å². The van der Waals surface area contributed by atoms with Gasteiger partial charge in [0.15, 0.2) is 0 Å². The van der Waals surface area contributed by atoms with Gasteiger partial charge in [-0.2, -0.15) is 0 Å². The molecule has 0 spiro atoms. The van der Waals surface area contributed by atoms with E-state index in [9.17, 15) is 4.79 Å². The highest BCUT2D eigenvalue weighted by Gasteiger charge is 2.12. The van der Waals surface area contributed by atoms with Gasteiger partial charge in [0.25, 0.3) is 5.91 Å². The Bertz CT molecular complexity index is 809. The molecule has 1 aromatic heterocycles. The SMILES string of the molecule is COc1ccc(CNC(=O)c2c[nH]c3ccc(Cl)cc23)cc1. The molecular formula is C17H15ClN2O2. The van der Waals surface area contributed by atoms with Crippen LogP contribution in [0.5, 0.6) is 5.75 Å². The van der Waals surface area contributed by atoms with Crippen molar-refractivity contribution in [1.82, 2.24) is 10.3 Å². The summed E-state index contributed by atoms with van der Waals surface area (Å²) < 4.78 is 5.11. The Hall–Kier alpha value is -2.46. The molecule has 5 heteroatoms. The van der Waals surface area contributed by atoms with Gasteiger partial charge in [-0.05, 0) is 35.9 Å². The quantitative estimate of drug-likeness (QED) is 0.770. The average molecular weight is 315 g/mol. The molecule has 3 rings (SSSR count). The van der Waals surface area contributed by atoms with E-state index in [0.717, 1.165) is 22.2 Å². The topological polar surface area (TPSA) is 54.1 Å². The van der Waals surface area contributed by atoms with Crippen LogP contribution in [0, 0.1) is 0 Å². The molecule has 1 amide bonds. The third-order valence-corrected chi connectivity index (χ3v) is 3.74. The number of fused-ring (bicyclic) bond motifs is 1. The molecule has 4 nitrogen and oxygen atoms in total. The zero-order valence-electron chi connectivity index (χ0n) is 12.0. The molecule has 0 saturated carbocycles. The summed E-state index contributed by atoms with van der Waals surface area (Å²) in [6, 6.07) is 13.0. The van der Waals surface area contributed by atoms with Crippen molar-refractivity contribution < 1.29 is 9.53 Å². The second-order valence-electron chi connectivity index (χ2n) is 4.92. The molecule has 2 N–H and O–H groups in total. The summed E-state index contributed by atoms with van der Waals surface area (Å²) in [5.41, 5.74) is 2.48. The number of hydrogen-bond donors (Lipinski definition) is 2. The van der Waals surface area contributed by atoms with Crippen molar-refractivity contribution in [2.75, 3.05) is 7.11 Å². The van der Waals surface area contributed by atoms with Gasteiger partial charge in [-0.15, -0.1) is 0 Å². The number of carbonyl (C=O) groups excluding carboxylic acids is 1. The molecular weight excluding hydrogens is 300 g/mol. The Morgan fingerprint density at radius 1 is 1.23 bits per heavy atom. The van der Waals surface area contributed by atoms with Gasteiger partial charge < -0.3 is 15.0 Å². The second-order valence-corrected chi connectivity index (χ2v) is 5.36. The van der Waals surface area contributed by atoms with Crippen LogP contribution in [0.4, 0.5) is 0 Å². The molecule has 0 aliphatic carbocycles. The van der Waals surface area contributed by atoms with Crippen LogP contribution in [0.1, 0.15) is 15.9 Å². The Balaban J connectivity index is 1.74. The van der Waals surface area contributed by atoms with Gasteiger partial charge in [-0.3, -0.25) is 4.79 Å². The van der Waals surface area contributed by atoms with Gasteiger partial charge in [-0.25, -0.2) is 0 Å². The number of hydrogen-bond acceptors (Lipinski definition) is 2. The van der Waals surface area contributed by atoms with Crippen LogP contribution in [-0.4, -0.2) is 18.0 Å². The summed E-state index contributed by atoms with van der Waals surface area (Å²) in [4.78, 5) is 15.4. The van der Waals surface area contributed by atoms with Gasteiger partial charge >= 0.3 is 0 Å². The average Bonchev–Trinajstić information content (AvgIpc) is 2.96. The van der Waals surface area contributed by atoms with Gasteiger partial charge in [0.1, 0.15) is 5.75 Å². The first-order valence-electron chi connectivity index (χ1n) is 6.85. The summed E-state index contributed by atoms with van der Waals surface area (Å²) >= 11 is 6.00. The van der Waals surface area contributed by atoms with Crippen LogP contribution in [0.2, 0.25) is 5.02 Å². The van der Waals surface area contributed by atoms with Crippen LogP contribution in [0.15, 0.2) is 48.7 Å². The Morgan fingerprint density at radius 3 is 2.73 bits per heavy atom. The summed E-state index contributed by atoms with van der Waals surface area (Å²) in [7, 11) is 1.62. The van der Waals surface area contributed by atoms with E-state index < -0.39 is 0 Å². The van der Waals surface area contributed by atoms with Crippen LogP contribution in [-0.2, 0) is 6.54 Å². The smallest absolute Gasteiger partial charge is 0.253 e. The third kappa shape index (κ3) is 2.92. The number of carbonyl (C=O) groups is 1. The highest BCUT2D eigenvalue weighted by atomic mass is 35.5. The molecule has 1 heterocycles. The van der Waals surface area contributed by atoms with Crippen LogP contribution in [0.3, 0.4) is 0 Å². The van der Waals surface area contributed by atoms with Crippen molar-refractivity contribution in [1.29, 1.82) is 0 Å². The number of methoxy groups -OCH3 is 1. The highest BCUT2D eigenvalue weighted by Crippen LogP contribution is 2.22. The first-order valence-corrected chi connectivity index (χ1v) is 7.23. The lowest BCUT2D eigenvalue weighted by molar-refractivity contribution is 0.0952. The minimum absolute atomic E-state index is 0.135. The molecule has 0 aliphatic rings. The lowest BCUT2D eigenvalue weighted by Gasteiger charge is -2.06. The van der Waals surface area contributed by atoms with E-state index in [0.29, 0.717) is 17.1 Å². The van der Waals surface area contributed by atoms with Gasteiger partial charge in [0.2, 0.25) is 0 Å². The predicted molar refractivity (Wildman–Crippen MR) is 87.5 cm³/mol. The number of aromatic nitrogens is 1. The van der Waals surface area contributed by atoms with E-state index in [-0.39, 0.29) is 5.91 Å². The molecule has 22 heavy (non-hydrogen) atoms. The summed E-state index contributed by atoms with van der Waals surface area (Å²) in [5, 5.41) is 4.33. The van der Waals surface area contributed by atoms with E-state index in [2.05, 4.69) is 10.3 Å². The standard InChI is InChI=1S/C17H15ClN2O2/c1-22-13-5-2-11(3-6-13)9-20-17(21)15-10-19-16-7-4-12(18)8-14(15)16/h2-8,10,19H,9H2,1H3,(H,20,21). The predicted octanol–water partition coefficient (Wildman–Crippen LogP) is 3.76. The number of rotatable bonds is 4.